The van der Waals surface area contributed by atoms with Gasteiger partial charge in [-0.25, -0.2) is 4.79 Å². The average molecular weight is 289 g/mol. The van der Waals surface area contributed by atoms with Crippen molar-refractivity contribution in [3.05, 3.63) is 56.8 Å². The molecule has 1 aromatic carbocycles. The molecule has 0 fully saturated rings. The normalized spacial score (nSPS) is 10.6. The van der Waals surface area contributed by atoms with Crippen molar-refractivity contribution in [3.63, 3.8) is 0 Å². The van der Waals surface area contributed by atoms with Gasteiger partial charge in [-0.2, -0.15) is 0 Å². The van der Waals surface area contributed by atoms with Crippen LogP contribution >= 0.6 is 11.3 Å². The highest BCUT2D eigenvalue weighted by Crippen LogP contribution is 2.20. The van der Waals surface area contributed by atoms with Crippen molar-refractivity contribution in [2.24, 2.45) is 0 Å². The molecule has 1 aromatic heterocycles. The second-order valence-electron chi connectivity index (χ2n) is 4.70. The topological polar surface area (TPSA) is 38.3 Å². The van der Waals surface area contributed by atoms with Crippen LogP contribution in [0.4, 0.5) is 0 Å². The van der Waals surface area contributed by atoms with Crippen LogP contribution in [0.15, 0.2) is 30.3 Å². The van der Waals surface area contributed by atoms with Gasteiger partial charge in [-0.1, -0.05) is 18.2 Å². The molecule has 106 valence electrons. The van der Waals surface area contributed by atoms with E-state index < -0.39 is 0 Å². The summed E-state index contributed by atoms with van der Waals surface area (Å²) in [6.07, 6.45) is 0. The van der Waals surface area contributed by atoms with Crippen molar-refractivity contribution in [1.29, 1.82) is 0 Å². The quantitative estimate of drug-likeness (QED) is 0.857. The third-order valence-corrected chi connectivity index (χ3v) is 4.41. The van der Waals surface area contributed by atoms with E-state index in [2.05, 4.69) is 25.2 Å². The van der Waals surface area contributed by atoms with Gasteiger partial charge >= 0.3 is 5.97 Å². The van der Waals surface area contributed by atoms with Gasteiger partial charge in [0.1, 0.15) is 0 Å². The first-order valence-corrected chi connectivity index (χ1v) is 7.36. The highest BCUT2D eigenvalue weighted by Gasteiger charge is 2.10. The minimum Gasteiger partial charge on any atom is -0.465 e. The average Bonchev–Trinajstić information content (AvgIpc) is 2.77. The molecule has 0 atom stereocenters. The molecule has 1 N–H and O–H groups in total. The molecule has 0 radical (unpaired) electrons. The van der Waals surface area contributed by atoms with Crippen molar-refractivity contribution >= 4 is 17.3 Å². The van der Waals surface area contributed by atoms with Crippen LogP contribution in [-0.4, -0.2) is 13.1 Å². The molecular weight excluding hydrogens is 270 g/mol. The predicted molar refractivity (Wildman–Crippen MR) is 82.1 cm³/mol. The fourth-order valence-electron chi connectivity index (χ4n) is 2.04. The number of hydrogen-bond donors (Lipinski definition) is 1. The van der Waals surface area contributed by atoms with Gasteiger partial charge in [0.25, 0.3) is 0 Å². The Morgan fingerprint density at radius 3 is 2.65 bits per heavy atom. The number of hydrogen-bond acceptors (Lipinski definition) is 4. The largest absolute Gasteiger partial charge is 0.465 e. The zero-order valence-electron chi connectivity index (χ0n) is 12.0. The van der Waals surface area contributed by atoms with E-state index in [-0.39, 0.29) is 5.97 Å². The lowest BCUT2D eigenvalue weighted by Gasteiger charge is -2.08. The maximum Gasteiger partial charge on any atom is 0.338 e. The Kier molecular flexibility index (Phi) is 4.93. The first kappa shape index (κ1) is 14.8. The van der Waals surface area contributed by atoms with Gasteiger partial charge in [-0.05, 0) is 37.1 Å². The Balaban J connectivity index is 1.99. The van der Waals surface area contributed by atoms with Crippen molar-refractivity contribution in [1.82, 2.24) is 5.32 Å². The third-order valence-electron chi connectivity index (χ3n) is 3.25. The first-order chi connectivity index (χ1) is 9.61. The molecule has 0 saturated heterocycles. The zero-order chi connectivity index (χ0) is 14.5. The minimum atomic E-state index is -0.287. The molecule has 2 aromatic rings. The number of methoxy groups -OCH3 is 1. The van der Waals surface area contributed by atoms with Gasteiger partial charge < -0.3 is 10.1 Å². The summed E-state index contributed by atoms with van der Waals surface area (Å²) in [5.41, 5.74) is 2.92. The lowest BCUT2D eigenvalue weighted by molar-refractivity contribution is 0.0599. The highest BCUT2D eigenvalue weighted by atomic mass is 32.1. The summed E-state index contributed by atoms with van der Waals surface area (Å²) in [5, 5.41) is 3.38. The van der Waals surface area contributed by atoms with Crippen LogP contribution in [-0.2, 0) is 17.8 Å². The lowest BCUT2D eigenvalue weighted by Crippen LogP contribution is -2.15. The molecule has 0 spiro atoms. The molecule has 0 amide bonds. The second-order valence-corrected chi connectivity index (χ2v) is 6.05. The summed E-state index contributed by atoms with van der Waals surface area (Å²) in [6.45, 7) is 5.73. The van der Waals surface area contributed by atoms with Crippen LogP contribution in [0.3, 0.4) is 0 Å². The number of aryl methyl sites for hydroxylation is 2. The second kappa shape index (κ2) is 6.68. The van der Waals surface area contributed by atoms with Crippen molar-refractivity contribution < 1.29 is 9.53 Å². The van der Waals surface area contributed by atoms with Crippen molar-refractivity contribution in [2.45, 2.75) is 26.9 Å². The molecule has 0 unspecified atom stereocenters. The molecule has 0 aliphatic rings. The molecule has 0 saturated carbocycles. The van der Waals surface area contributed by atoms with Gasteiger partial charge in [0.2, 0.25) is 0 Å². The fraction of sp³-hybridized carbons (Fsp3) is 0.312. The van der Waals surface area contributed by atoms with Crippen LogP contribution in [0, 0.1) is 13.8 Å². The molecule has 20 heavy (non-hydrogen) atoms. The molecule has 1 heterocycles. The van der Waals surface area contributed by atoms with E-state index in [4.69, 9.17) is 4.74 Å². The van der Waals surface area contributed by atoms with Crippen molar-refractivity contribution in [3.8, 4) is 0 Å². The van der Waals surface area contributed by atoms with E-state index >= 15 is 0 Å². The zero-order valence-corrected chi connectivity index (χ0v) is 12.8. The number of nitrogens with one attached hydrogen (secondary N) is 1. The summed E-state index contributed by atoms with van der Waals surface area (Å²) in [7, 11) is 1.41. The number of esters is 1. The van der Waals surface area contributed by atoms with E-state index in [1.165, 1.54) is 22.4 Å². The van der Waals surface area contributed by atoms with Gasteiger partial charge in [0.05, 0.1) is 12.7 Å². The number of carbonyl (C=O) groups excluding carboxylic acids is 1. The standard InChI is InChI=1S/C16H19NO2S/c1-11-8-14(20-12(11)2)10-17-9-13-6-4-5-7-15(13)16(18)19-3/h4-8,17H,9-10H2,1-3H3. The van der Waals surface area contributed by atoms with Gasteiger partial charge in [0.15, 0.2) is 0 Å². The van der Waals surface area contributed by atoms with E-state index in [0.29, 0.717) is 12.1 Å². The van der Waals surface area contributed by atoms with Gasteiger partial charge in [-0.15, -0.1) is 11.3 Å². The molecule has 0 aliphatic heterocycles. The summed E-state index contributed by atoms with van der Waals surface area (Å²) in [5.74, 6) is -0.287. The monoisotopic (exact) mass is 289 g/mol. The molecule has 3 nitrogen and oxygen atoms in total. The van der Waals surface area contributed by atoms with E-state index in [0.717, 1.165) is 12.1 Å². The van der Waals surface area contributed by atoms with Crippen molar-refractivity contribution in [2.75, 3.05) is 7.11 Å². The highest BCUT2D eigenvalue weighted by molar-refractivity contribution is 7.12. The smallest absolute Gasteiger partial charge is 0.338 e. The fourth-order valence-corrected chi connectivity index (χ4v) is 3.06. The number of thiophene rings is 1. The maximum atomic E-state index is 11.7. The lowest BCUT2D eigenvalue weighted by atomic mass is 10.1. The predicted octanol–water partition coefficient (Wildman–Crippen LogP) is 3.44. The summed E-state index contributed by atoms with van der Waals surface area (Å²) in [4.78, 5) is 14.3. The number of benzene rings is 1. The maximum absolute atomic E-state index is 11.7. The van der Waals surface area contributed by atoms with Crippen LogP contribution in [0.25, 0.3) is 0 Å². The summed E-state index contributed by atoms with van der Waals surface area (Å²) >= 11 is 1.81. The number of ether oxygens (including phenoxy) is 1. The third kappa shape index (κ3) is 3.46. The number of rotatable bonds is 5. The Hall–Kier alpha value is -1.65. The van der Waals surface area contributed by atoms with Crippen LogP contribution < -0.4 is 5.32 Å². The molecule has 0 bridgehead atoms. The van der Waals surface area contributed by atoms with Crippen LogP contribution in [0.5, 0.6) is 0 Å². The Bertz CT molecular complexity index is 585. The van der Waals surface area contributed by atoms with Crippen LogP contribution in [0.1, 0.15) is 31.2 Å². The van der Waals surface area contributed by atoms with E-state index in [1.807, 2.05) is 29.5 Å². The van der Waals surface area contributed by atoms with Gasteiger partial charge in [0, 0.05) is 22.8 Å². The van der Waals surface area contributed by atoms with E-state index in [9.17, 15) is 4.79 Å². The minimum absolute atomic E-state index is 0.287. The summed E-state index contributed by atoms with van der Waals surface area (Å²) in [6, 6.07) is 9.73. The molecule has 2 rings (SSSR count). The van der Waals surface area contributed by atoms with Gasteiger partial charge in [-0.3, -0.25) is 0 Å². The molecule has 4 heteroatoms. The van der Waals surface area contributed by atoms with Crippen LogP contribution in [0.2, 0.25) is 0 Å². The summed E-state index contributed by atoms with van der Waals surface area (Å²) < 4.78 is 4.80. The van der Waals surface area contributed by atoms with E-state index in [1.54, 1.807) is 6.07 Å². The Labute approximate surface area is 123 Å². The number of carbonyl (C=O) groups is 1. The molecular formula is C16H19NO2S. The molecule has 0 aliphatic carbocycles. The SMILES string of the molecule is COC(=O)c1ccccc1CNCc1cc(C)c(C)s1. The Morgan fingerprint density at radius 1 is 1.25 bits per heavy atom. The Morgan fingerprint density at radius 2 is 2.00 bits per heavy atom. The first-order valence-electron chi connectivity index (χ1n) is 6.54.